The van der Waals surface area contributed by atoms with Gasteiger partial charge in [-0.15, -0.1) is 20.4 Å². The molecular weight excluding hydrogens is 805 g/mol. The molecule has 0 amide bonds. The van der Waals surface area contributed by atoms with Crippen LogP contribution in [0.25, 0.3) is 0 Å². The van der Waals surface area contributed by atoms with Crippen LogP contribution in [0, 0.1) is 6.92 Å². The summed E-state index contributed by atoms with van der Waals surface area (Å²) in [6, 6.07) is 24.8. The molecule has 15 heteroatoms. The van der Waals surface area contributed by atoms with E-state index >= 15 is 0 Å². The van der Waals surface area contributed by atoms with Crippen molar-refractivity contribution in [3.8, 4) is 0 Å². The van der Waals surface area contributed by atoms with Crippen LogP contribution < -0.4 is 0 Å². The molecule has 326 valence electrons. The van der Waals surface area contributed by atoms with Crippen molar-refractivity contribution in [2.24, 2.45) is 0 Å². The fourth-order valence-electron chi connectivity index (χ4n) is 9.58. The first kappa shape index (κ1) is 44.0. The first-order valence-corrected chi connectivity index (χ1v) is 21.1. The highest BCUT2D eigenvalue weighted by Gasteiger charge is 2.46. The van der Waals surface area contributed by atoms with E-state index in [9.17, 15) is 19.2 Å². The van der Waals surface area contributed by atoms with Gasteiger partial charge in [0.25, 0.3) is 25.9 Å². The molecule has 0 saturated heterocycles. The number of aryl methyl sites for hydroxylation is 5. The van der Waals surface area contributed by atoms with Crippen molar-refractivity contribution < 1.29 is 42.5 Å². The zero-order chi connectivity index (χ0) is 44.2. The van der Waals surface area contributed by atoms with E-state index in [4.69, 9.17) is 23.4 Å². The molecule has 15 nitrogen and oxygen atoms in total. The van der Waals surface area contributed by atoms with E-state index in [1.165, 1.54) is 22.3 Å². The largest absolute Gasteiger partial charge is 0.463 e. The summed E-state index contributed by atoms with van der Waals surface area (Å²) in [4.78, 5) is 42.6. The fraction of sp³-hybridized carbons (Fsp3) is 0.354. The summed E-state index contributed by atoms with van der Waals surface area (Å²) in [7, 11) is 0. The molecule has 0 unspecified atom stereocenters. The maximum absolute atomic E-state index is 10.7. The third-order valence-corrected chi connectivity index (χ3v) is 12.0. The van der Waals surface area contributed by atoms with E-state index in [-0.39, 0.29) is 26.4 Å². The van der Waals surface area contributed by atoms with E-state index < -0.39 is 10.8 Å². The Morgan fingerprint density at radius 1 is 0.556 bits per heavy atom. The molecule has 0 aliphatic heterocycles. The van der Waals surface area contributed by atoms with Gasteiger partial charge in [0.15, 0.2) is 5.82 Å². The van der Waals surface area contributed by atoms with E-state index in [0.29, 0.717) is 43.5 Å². The van der Waals surface area contributed by atoms with Crippen molar-refractivity contribution >= 4 is 25.9 Å². The number of nitrogens with zero attached hydrogens (tertiary/aromatic N) is 5. The first-order chi connectivity index (χ1) is 30.8. The number of benzene rings is 4. The molecule has 0 radical (unpaired) electrons. The van der Waals surface area contributed by atoms with Crippen molar-refractivity contribution in [2.75, 3.05) is 0 Å². The van der Waals surface area contributed by atoms with Crippen LogP contribution in [0.1, 0.15) is 124 Å². The maximum atomic E-state index is 10.7. The van der Waals surface area contributed by atoms with Gasteiger partial charge in [-0.25, -0.2) is 0 Å². The van der Waals surface area contributed by atoms with Crippen LogP contribution in [0.15, 0.2) is 77.2 Å². The lowest BCUT2D eigenvalue weighted by molar-refractivity contribution is -0.130. The fourth-order valence-corrected chi connectivity index (χ4v) is 9.58. The zero-order valence-corrected chi connectivity index (χ0v) is 35.6. The summed E-state index contributed by atoms with van der Waals surface area (Å²) >= 11 is 0. The molecule has 1 N–H and O–H groups in total. The topological polar surface area (TPSA) is 199 Å². The van der Waals surface area contributed by atoms with Crippen molar-refractivity contribution in [1.29, 1.82) is 0 Å². The lowest BCUT2D eigenvalue weighted by Gasteiger charge is -2.34. The Morgan fingerprint density at radius 2 is 0.937 bits per heavy atom. The van der Waals surface area contributed by atoms with Crippen LogP contribution in [0.4, 0.5) is 0 Å². The number of nitrogens with one attached hydrogen (secondary N) is 1. The minimum atomic E-state index is -0.592. The monoisotopic (exact) mass is 854 g/mol. The number of tetrazole rings is 1. The average Bonchev–Trinajstić information content (AvgIpc) is 3.97. The van der Waals surface area contributed by atoms with E-state index in [1.54, 1.807) is 6.92 Å². The average molecular weight is 855 g/mol. The number of carbonyl (C=O) groups excluding carboxylic acids is 4. The molecule has 4 aromatic carbocycles. The summed E-state index contributed by atoms with van der Waals surface area (Å²) in [5, 5.41) is 24.0. The predicted molar refractivity (Wildman–Crippen MR) is 227 cm³/mol. The predicted octanol–water partition coefficient (Wildman–Crippen LogP) is 6.74. The minimum absolute atomic E-state index is 0.233. The Bertz CT molecular complexity index is 2410. The lowest BCUT2D eigenvalue weighted by Crippen LogP contribution is -2.32. The molecular formula is C48H50N6O9. The lowest BCUT2D eigenvalue weighted by atomic mass is 9.68. The molecule has 0 spiro atoms. The highest BCUT2D eigenvalue weighted by molar-refractivity contribution is 5.57. The van der Waals surface area contributed by atoms with Gasteiger partial charge in [-0.1, -0.05) is 105 Å². The van der Waals surface area contributed by atoms with Crippen molar-refractivity contribution in [3.63, 3.8) is 0 Å². The SMILES string of the molecule is CCCC1(c2nn[nH]n2)c2ccc(COC=O)cc2CCc2cc(COC=O)ccc21.CCCC1(c2nnc(C)o2)c2ccc(COC=O)cc2CCc2cc(COC=O)ccc21. The molecule has 2 aromatic heterocycles. The molecule has 0 saturated carbocycles. The molecule has 0 atom stereocenters. The van der Waals surface area contributed by atoms with Crippen molar-refractivity contribution in [3.05, 3.63) is 157 Å². The van der Waals surface area contributed by atoms with Gasteiger partial charge in [-0.3, -0.25) is 19.2 Å². The zero-order valence-electron chi connectivity index (χ0n) is 35.6. The maximum Gasteiger partial charge on any atom is 0.293 e. The van der Waals surface area contributed by atoms with Gasteiger partial charge >= 0.3 is 0 Å². The molecule has 2 aliphatic rings. The number of H-pyrrole nitrogens is 1. The number of aromatic amines is 1. The van der Waals surface area contributed by atoms with E-state index in [1.807, 2.05) is 24.3 Å². The second-order valence-corrected chi connectivity index (χ2v) is 15.8. The van der Waals surface area contributed by atoms with Gasteiger partial charge in [0.2, 0.25) is 11.8 Å². The summed E-state index contributed by atoms with van der Waals surface area (Å²) in [6.45, 7) is 8.89. The second-order valence-electron chi connectivity index (χ2n) is 15.8. The Kier molecular flexibility index (Phi) is 14.1. The third-order valence-electron chi connectivity index (χ3n) is 12.0. The Balaban J connectivity index is 0.000000189. The van der Waals surface area contributed by atoms with Gasteiger partial charge in [0.05, 0.1) is 10.8 Å². The molecule has 2 heterocycles. The van der Waals surface area contributed by atoms with Gasteiger partial charge < -0.3 is 23.4 Å². The summed E-state index contributed by atoms with van der Waals surface area (Å²) in [6.07, 6.45) is 6.69. The van der Waals surface area contributed by atoms with Gasteiger partial charge in [-0.2, -0.15) is 5.21 Å². The second kappa shape index (κ2) is 20.2. The van der Waals surface area contributed by atoms with Crippen LogP contribution >= 0.6 is 0 Å². The third kappa shape index (κ3) is 8.99. The first-order valence-electron chi connectivity index (χ1n) is 21.1. The van der Waals surface area contributed by atoms with Crippen LogP contribution in [0.2, 0.25) is 0 Å². The summed E-state index contributed by atoms with van der Waals surface area (Å²) in [5.74, 6) is 1.73. The molecule has 0 bridgehead atoms. The Labute approximate surface area is 364 Å². The minimum Gasteiger partial charge on any atom is -0.463 e. The highest BCUT2D eigenvalue weighted by atomic mass is 16.5. The van der Waals surface area contributed by atoms with Crippen molar-refractivity contribution in [1.82, 2.24) is 30.8 Å². The number of hydrogen-bond donors (Lipinski definition) is 1. The Hall–Kier alpha value is -7.03. The van der Waals surface area contributed by atoms with E-state index in [2.05, 4.69) is 93.2 Å². The number of hydrogen-bond acceptors (Lipinski definition) is 14. The summed E-state index contributed by atoms with van der Waals surface area (Å²) < 4.78 is 26.0. The van der Waals surface area contributed by atoms with Crippen LogP contribution in [0.5, 0.6) is 0 Å². The Morgan fingerprint density at radius 3 is 1.25 bits per heavy atom. The smallest absolute Gasteiger partial charge is 0.293 e. The number of fused-ring (bicyclic) bond motifs is 4. The van der Waals surface area contributed by atoms with Crippen LogP contribution in [0.3, 0.4) is 0 Å². The molecule has 6 aromatic rings. The quantitative estimate of drug-likeness (QED) is 0.0705. The van der Waals surface area contributed by atoms with Gasteiger partial charge in [0.1, 0.15) is 26.4 Å². The molecule has 2 aliphatic carbocycles. The number of rotatable bonds is 18. The number of ether oxygens (including phenoxy) is 4. The highest BCUT2D eigenvalue weighted by Crippen LogP contribution is 2.49. The standard InChI is InChI=1S/C25H26N2O5.C23H24N4O4/c1-3-10-25(24-27-26-17(2)32-24)22-8-4-18(13-30-15-28)11-20(22)6-7-21-12-19(14-31-16-29)5-9-23(21)25;1-2-9-23(22-24-26-27-25-22)20-7-3-16(12-30-14-28)10-18(20)5-6-19-11-17(13-31-15-29)4-8-21(19)23/h4-5,8-9,11-12,15-16H,3,6-7,10,13-14H2,1-2H3;3-4,7-8,10-11,14-15H,2,5-6,9,12-13H2,1H3,(H,24,25,26,27). The molecule has 63 heavy (non-hydrogen) atoms. The molecule has 8 rings (SSSR count). The number of carbonyl (C=O) groups is 4. The van der Waals surface area contributed by atoms with E-state index in [0.717, 1.165) is 95.9 Å². The van der Waals surface area contributed by atoms with Gasteiger partial charge in [0, 0.05) is 6.92 Å². The number of aromatic nitrogens is 6. The summed E-state index contributed by atoms with van der Waals surface area (Å²) in [5.41, 5.74) is 11.8. The molecule has 0 fully saturated rings. The van der Waals surface area contributed by atoms with Gasteiger partial charge in [-0.05, 0) is 105 Å². The van der Waals surface area contributed by atoms with Crippen molar-refractivity contribution in [2.45, 2.75) is 109 Å². The normalized spacial score (nSPS) is 14.1. The van der Waals surface area contributed by atoms with Crippen LogP contribution in [-0.2, 0) is 101 Å². The van der Waals surface area contributed by atoms with Crippen LogP contribution in [-0.4, -0.2) is 56.7 Å².